The molecule has 1 aromatic carbocycles. The molecule has 0 unspecified atom stereocenters. The van der Waals surface area contributed by atoms with Crippen molar-refractivity contribution in [2.45, 2.75) is 25.7 Å². The zero-order chi connectivity index (χ0) is 15.9. The molecule has 0 radical (unpaired) electrons. The van der Waals surface area contributed by atoms with Crippen LogP contribution in [0.3, 0.4) is 0 Å². The van der Waals surface area contributed by atoms with Crippen LogP contribution in [0.4, 0.5) is 0 Å². The van der Waals surface area contributed by atoms with E-state index in [0.717, 1.165) is 36.3 Å². The van der Waals surface area contributed by atoms with Crippen molar-refractivity contribution in [2.75, 3.05) is 27.3 Å². The Morgan fingerprint density at radius 2 is 2.09 bits per heavy atom. The number of amides is 1. The molecular formula is C17H27ClN2O3. The van der Waals surface area contributed by atoms with Crippen LogP contribution in [0, 0.1) is 11.8 Å². The SMILES string of the molecule is COc1ccc(OC)c(CCNC(=O)[C@@H]2CCC[C@@H]2CN)c1.Cl. The van der Waals surface area contributed by atoms with Crippen LogP contribution in [0.1, 0.15) is 24.8 Å². The molecule has 1 aromatic rings. The van der Waals surface area contributed by atoms with Gasteiger partial charge in [0, 0.05) is 12.5 Å². The maximum Gasteiger partial charge on any atom is 0.223 e. The number of nitrogens with one attached hydrogen (secondary N) is 1. The van der Waals surface area contributed by atoms with E-state index >= 15 is 0 Å². The van der Waals surface area contributed by atoms with Gasteiger partial charge in [-0.1, -0.05) is 6.42 Å². The summed E-state index contributed by atoms with van der Waals surface area (Å²) >= 11 is 0. The first-order chi connectivity index (χ1) is 10.7. The number of methoxy groups -OCH3 is 2. The molecular weight excluding hydrogens is 316 g/mol. The quantitative estimate of drug-likeness (QED) is 0.796. The number of carbonyl (C=O) groups is 1. The second-order valence-electron chi connectivity index (χ2n) is 5.75. The average Bonchev–Trinajstić information content (AvgIpc) is 3.03. The number of benzene rings is 1. The fourth-order valence-corrected chi connectivity index (χ4v) is 3.19. The van der Waals surface area contributed by atoms with Gasteiger partial charge in [-0.2, -0.15) is 0 Å². The number of nitrogens with two attached hydrogens (primary N) is 1. The summed E-state index contributed by atoms with van der Waals surface area (Å²) < 4.78 is 10.6. The lowest BCUT2D eigenvalue weighted by atomic mass is 9.95. The number of hydrogen-bond acceptors (Lipinski definition) is 4. The van der Waals surface area contributed by atoms with E-state index in [9.17, 15) is 4.79 Å². The number of carbonyl (C=O) groups excluding carboxylic acids is 1. The molecule has 6 heteroatoms. The van der Waals surface area contributed by atoms with Gasteiger partial charge in [-0.3, -0.25) is 4.79 Å². The van der Waals surface area contributed by atoms with Crippen LogP contribution < -0.4 is 20.5 Å². The second-order valence-corrected chi connectivity index (χ2v) is 5.75. The van der Waals surface area contributed by atoms with Crippen LogP contribution in [-0.2, 0) is 11.2 Å². The topological polar surface area (TPSA) is 73.6 Å². The summed E-state index contributed by atoms with van der Waals surface area (Å²) in [6.07, 6.45) is 3.84. The Hall–Kier alpha value is -1.46. The molecule has 1 fully saturated rings. The molecule has 130 valence electrons. The minimum Gasteiger partial charge on any atom is -0.497 e. The van der Waals surface area contributed by atoms with Crippen molar-refractivity contribution in [3.8, 4) is 11.5 Å². The lowest BCUT2D eigenvalue weighted by molar-refractivity contribution is -0.125. The molecule has 2 atom stereocenters. The minimum atomic E-state index is 0. The Kier molecular flexibility index (Phi) is 8.20. The van der Waals surface area contributed by atoms with Crippen molar-refractivity contribution < 1.29 is 14.3 Å². The molecule has 3 N–H and O–H groups in total. The van der Waals surface area contributed by atoms with E-state index in [1.165, 1.54) is 0 Å². The highest BCUT2D eigenvalue weighted by molar-refractivity contribution is 5.85. The predicted molar refractivity (Wildman–Crippen MR) is 93.4 cm³/mol. The summed E-state index contributed by atoms with van der Waals surface area (Å²) in [4.78, 5) is 12.3. The largest absolute Gasteiger partial charge is 0.497 e. The minimum absolute atomic E-state index is 0. The van der Waals surface area contributed by atoms with E-state index in [-0.39, 0.29) is 24.2 Å². The Morgan fingerprint density at radius 3 is 2.74 bits per heavy atom. The molecule has 0 spiro atoms. The fourth-order valence-electron chi connectivity index (χ4n) is 3.19. The van der Waals surface area contributed by atoms with Crippen molar-refractivity contribution >= 4 is 18.3 Å². The van der Waals surface area contributed by atoms with Gasteiger partial charge in [0.25, 0.3) is 0 Å². The zero-order valence-electron chi connectivity index (χ0n) is 13.8. The maximum absolute atomic E-state index is 12.3. The third kappa shape index (κ3) is 5.01. The van der Waals surface area contributed by atoms with Gasteiger partial charge in [-0.15, -0.1) is 12.4 Å². The number of hydrogen-bond donors (Lipinski definition) is 2. The van der Waals surface area contributed by atoms with E-state index in [0.29, 0.717) is 25.4 Å². The van der Waals surface area contributed by atoms with E-state index in [1.54, 1.807) is 14.2 Å². The summed E-state index contributed by atoms with van der Waals surface area (Å²) in [6.45, 7) is 1.19. The molecule has 0 heterocycles. The van der Waals surface area contributed by atoms with Crippen LogP contribution in [0.5, 0.6) is 11.5 Å². The lowest BCUT2D eigenvalue weighted by Crippen LogP contribution is -2.36. The van der Waals surface area contributed by atoms with Crippen molar-refractivity contribution in [2.24, 2.45) is 17.6 Å². The first-order valence-corrected chi connectivity index (χ1v) is 7.88. The van der Waals surface area contributed by atoms with Gasteiger partial charge in [0.05, 0.1) is 14.2 Å². The van der Waals surface area contributed by atoms with E-state index in [4.69, 9.17) is 15.2 Å². The first kappa shape index (κ1) is 19.6. The normalized spacial score (nSPS) is 19.8. The highest BCUT2D eigenvalue weighted by Gasteiger charge is 2.31. The van der Waals surface area contributed by atoms with Crippen LogP contribution >= 0.6 is 12.4 Å². The summed E-state index contributed by atoms with van der Waals surface area (Å²) in [7, 11) is 3.29. The zero-order valence-corrected chi connectivity index (χ0v) is 14.7. The summed E-state index contributed by atoms with van der Waals surface area (Å²) in [5.74, 6) is 2.16. The van der Waals surface area contributed by atoms with E-state index < -0.39 is 0 Å². The second kappa shape index (κ2) is 9.63. The molecule has 0 aliphatic heterocycles. The Balaban J connectivity index is 0.00000264. The van der Waals surface area contributed by atoms with E-state index in [1.807, 2.05) is 18.2 Å². The first-order valence-electron chi connectivity index (χ1n) is 7.88. The van der Waals surface area contributed by atoms with Crippen LogP contribution in [0.25, 0.3) is 0 Å². The third-order valence-corrected chi connectivity index (χ3v) is 4.48. The number of halogens is 1. The summed E-state index contributed by atoms with van der Waals surface area (Å²) in [5, 5.41) is 3.04. The van der Waals surface area contributed by atoms with E-state index in [2.05, 4.69) is 5.32 Å². The number of ether oxygens (including phenoxy) is 2. The Bertz CT molecular complexity index is 511. The van der Waals surface area contributed by atoms with Crippen LogP contribution in [0.15, 0.2) is 18.2 Å². The average molecular weight is 343 g/mol. The van der Waals surface area contributed by atoms with Crippen LogP contribution in [-0.4, -0.2) is 33.2 Å². The highest BCUT2D eigenvalue weighted by Crippen LogP contribution is 2.31. The van der Waals surface area contributed by atoms with Crippen molar-refractivity contribution in [1.29, 1.82) is 0 Å². The molecule has 1 amide bonds. The molecule has 2 rings (SSSR count). The van der Waals surface area contributed by atoms with Gasteiger partial charge in [0.15, 0.2) is 0 Å². The lowest BCUT2D eigenvalue weighted by Gasteiger charge is -2.17. The number of rotatable bonds is 7. The van der Waals surface area contributed by atoms with Gasteiger partial charge in [0.1, 0.15) is 11.5 Å². The molecule has 0 bridgehead atoms. The van der Waals surface area contributed by atoms with Gasteiger partial charge >= 0.3 is 0 Å². The molecule has 0 aromatic heterocycles. The predicted octanol–water partition coefficient (Wildman–Crippen LogP) is 2.16. The monoisotopic (exact) mass is 342 g/mol. The Morgan fingerprint density at radius 1 is 1.30 bits per heavy atom. The van der Waals surface area contributed by atoms with Gasteiger partial charge in [0.2, 0.25) is 5.91 Å². The van der Waals surface area contributed by atoms with Crippen molar-refractivity contribution in [3.63, 3.8) is 0 Å². The summed E-state index contributed by atoms with van der Waals surface area (Å²) in [5.41, 5.74) is 6.77. The molecule has 23 heavy (non-hydrogen) atoms. The molecule has 5 nitrogen and oxygen atoms in total. The van der Waals surface area contributed by atoms with Crippen LogP contribution in [0.2, 0.25) is 0 Å². The molecule has 0 saturated heterocycles. The third-order valence-electron chi connectivity index (χ3n) is 4.48. The fraction of sp³-hybridized carbons (Fsp3) is 0.588. The van der Waals surface area contributed by atoms with Crippen molar-refractivity contribution in [3.05, 3.63) is 23.8 Å². The standard InChI is InChI=1S/C17H26N2O3.ClH/c1-21-14-6-7-16(22-2)12(10-14)8-9-19-17(20)15-5-3-4-13(15)11-18;/h6-7,10,13,15H,3-5,8-9,11,18H2,1-2H3,(H,19,20);1H/t13-,15-;/m1./s1. The Labute approximate surface area is 144 Å². The molecule has 1 saturated carbocycles. The van der Waals surface area contributed by atoms with Crippen molar-refractivity contribution in [1.82, 2.24) is 5.32 Å². The van der Waals surface area contributed by atoms with Gasteiger partial charge in [-0.25, -0.2) is 0 Å². The van der Waals surface area contributed by atoms with Gasteiger partial charge in [-0.05, 0) is 55.5 Å². The van der Waals surface area contributed by atoms with Gasteiger partial charge < -0.3 is 20.5 Å². The molecule has 1 aliphatic carbocycles. The maximum atomic E-state index is 12.3. The smallest absolute Gasteiger partial charge is 0.223 e. The highest BCUT2D eigenvalue weighted by atomic mass is 35.5. The molecule has 1 aliphatic rings. The summed E-state index contributed by atoms with van der Waals surface area (Å²) in [6, 6.07) is 5.70.